The summed E-state index contributed by atoms with van der Waals surface area (Å²) in [7, 11) is -2.56. The van der Waals surface area contributed by atoms with E-state index >= 15 is 0 Å². The van der Waals surface area contributed by atoms with Crippen LogP contribution in [0, 0.1) is 11.3 Å². The van der Waals surface area contributed by atoms with E-state index in [9.17, 15) is 22.8 Å². The number of morpholine rings is 1. The van der Waals surface area contributed by atoms with Gasteiger partial charge in [0.2, 0.25) is 15.9 Å². The number of nitrogens with zero attached hydrogens (tertiary/aromatic N) is 2. The molecule has 2 N–H and O–H groups in total. The summed E-state index contributed by atoms with van der Waals surface area (Å²) in [5, 5.41) is 14.3. The standard InChI is InChI=1S/C29H28N4O8S2/c1-39-24-10-9-22(16-26(24)43(37,38)33-11-13-40-14-12-33)31-27(34)18-41-29(36)23-7-2-3-8-25(23)42-19-28(35)32-21-6-4-5-20(15-21)17-30/h2-10,15-16H,11-14,18-19H2,1H3,(H,31,34)(H,32,35). The second-order valence-corrected chi connectivity index (χ2v) is 12.0. The largest absolute Gasteiger partial charge is 0.495 e. The van der Waals surface area contributed by atoms with Crippen molar-refractivity contribution in [1.82, 2.24) is 4.31 Å². The lowest BCUT2D eigenvalue weighted by molar-refractivity contribution is -0.119. The van der Waals surface area contributed by atoms with Gasteiger partial charge in [-0.05, 0) is 48.5 Å². The van der Waals surface area contributed by atoms with Crippen LogP contribution in [0.2, 0.25) is 0 Å². The van der Waals surface area contributed by atoms with Crippen molar-refractivity contribution in [2.75, 3.05) is 56.4 Å². The quantitative estimate of drug-likeness (QED) is 0.239. The van der Waals surface area contributed by atoms with E-state index in [0.29, 0.717) is 16.1 Å². The van der Waals surface area contributed by atoms with Gasteiger partial charge in [0.25, 0.3) is 5.91 Å². The van der Waals surface area contributed by atoms with Gasteiger partial charge in [0.1, 0.15) is 10.6 Å². The lowest BCUT2D eigenvalue weighted by Gasteiger charge is -2.26. The molecule has 43 heavy (non-hydrogen) atoms. The molecular weight excluding hydrogens is 596 g/mol. The van der Waals surface area contributed by atoms with Crippen LogP contribution in [0.25, 0.3) is 0 Å². The predicted octanol–water partition coefficient (Wildman–Crippen LogP) is 3.11. The average molecular weight is 625 g/mol. The Morgan fingerprint density at radius 2 is 1.70 bits per heavy atom. The molecule has 2 amide bonds. The Morgan fingerprint density at radius 3 is 2.44 bits per heavy atom. The second-order valence-electron chi connectivity index (χ2n) is 9.03. The molecule has 0 saturated carbocycles. The number of carbonyl (C=O) groups is 3. The van der Waals surface area contributed by atoms with Crippen LogP contribution in [0.3, 0.4) is 0 Å². The first kappa shape index (κ1) is 31.5. The van der Waals surface area contributed by atoms with Crippen molar-refractivity contribution in [3.05, 3.63) is 77.9 Å². The van der Waals surface area contributed by atoms with Gasteiger partial charge in [0, 0.05) is 29.4 Å². The number of methoxy groups -OCH3 is 1. The fourth-order valence-corrected chi connectivity index (χ4v) is 6.49. The molecule has 4 rings (SSSR count). The van der Waals surface area contributed by atoms with E-state index in [1.165, 1.54) is 35.7 Å². The van der Waals surface area contributed by atoms with Gasteiger partial charge in [0.05, 0.1) is 43.3 Å². The van der Waals surface area contributed by atoms with Crippen LogP contribution in [0.4, 0.5) is 11.4 Å². The molecule has 1 fully saturated rings. The first-order chi connectivity index (χ1) is 20.7. The number of benzene rings is 3. The maximum absolute atomic E-state index is 13.2. The number of rotatable bonds is 11. The molecule has 0 bridgehead atoms. The molecule has 12 nitrogen and oxygen atoms in total. The molecule has 0 atom stereocenters. The molecule has 0 spiro atoms. The number of thioether (sulfide) groups is 1. The van der Waals surface area contributed by atoms with E-state index in [0.717, 1.165) is 11.8 Å². The average Bonchev–Trinajstić information content (AvgIpc) is 3.03. The van der Waals surface area contributed by atoms with Gasteiger partial charge in [-0.1, -0.05) is 18.2 Å². The van der Waals surface area contributed by atoms with Crippen molar-refractivity contribution in [3.63, 3.8) is 0 Å². The normalized spacial score (nSPS) is 13.4. The van der Waals surface area contributed by atoms with E-state index in [1.54, 1.807) is 42.5 Å². The van der Waals surface area contributed by atoms with E-state index < -0.39 is 28.5 Å². The highest BCUT2D eigenvalue weighted by Gasteiger charge is 2.29. The highest BCUT2D eigenvalue weighted by Crippen LogP contribution is 2.30. The van der Waals surface area contributed by atoms with Gasteiger partial charge < -0.3 is 24.8 Å². The van der Waals surface area contributed by atoms with E-state index in [4.69, 9.17) is 19.5 Å². The molecule has 1 heterocycles. The van der Waals surface area contributed by atoms with Crippen molar-refractivity contribution in [2.45, 2.75) is 9.79 Å². The number of esters is 1. The molecule has 14 heteroatoms. The van der Waals surface area contributed by atoms with Gasteiger partial charge in [-0.2, -0.15) is 9.57 Å². The summed E-state index contributed by atoms with van der Waals surface area (Å²) >= 11 is 1.11. The Labute approximate surface area is 253 Å². The Morgan fingerprint density at radius 1 is 0.977 bits per heavy atom. The maximum Gasteiger partial charge on any atom is 0.339 e. The summed E-state index contributed by atoms with van der Waals surface area (Å²) in [5.41, 5.74) is 1.23. The van der Waals surface area contributed by atoms with Crippen LogP contribution in [-0.4, -0.2) is 76.3 Å². The summed E-state index contributed by atoms with van der Waals surface area (Å²) in [4.78, 5) is 38.2. The van der Waals surface area contributed by atoms with Gasteiger partial charge in [-0.3, -0.25) is 9.59 Å². The first-order valence-corrected chi connectivity index (χ1v) is 15.4. The summed E-state index contributed by atoms with van der Waals surface area (Å²) in [6.45, 7) is 0.300. The van der Waals surface area contributed by atoms with Crippen LogP contribution >= 0.6 is 11.8 Å². The number of anilines is 2. The van der Waals surface area contributed by atoms with Crippen molar-refractivity contribution in [1.29, 1.82) is 5.26 Å². The Kier molecular flexibility index (Phi) is 10.7. The zero-order valence-electron chi connectivity index (χ0n) is 23.1. The molecule has 1 aliphatic rings. The first-order valence-electron chi connectivity index (χ1n) is 13.0. The molecule has 224 valence electrons. The van der Waals surface area contributed by atoms with Crippen LogP contribution in [0.1, 0.15) is 15.9 Å². The van der Waals surface area contributed by atoms with Crippen molar-refractivity contribution in [2.24, 2.45) is 0 Å². The highest BCUT2D eigenvalue weighted by molar-refractivity contribution is 8.00. The van der Waals surface area contributed by atoms with Crippen LogP contribution < -0.4 is 15.4 Å². The number of nitriles is 1. The molecule has 1 aliphatic heterocycles. The SMILES string of the molecule is COc1ccc(NC(=O)COC(=O)c2ccccc2SCC(=O)Nc2cccc(C#N)c2)cc1S(=O)(=O)N1CCOCC1. The predicted molar refractivity (Wildman–Crippen MR) is 158 cm³/mol. The van der Waals surface area contributed by atoms with Gasteiger partial charge >= 0.3 is 5.97 Å². The number of ether oxygens (including phenoxy) is 3. The number of carbonyl (C=O) groups excluding carboxylic acids is 3. The smallest absolute Gasteiger partial charge is 0.339 e. The number of amides is 2. The molecule has 0 unspecified atom stereocenters. The molecule has 0 aliphatic carbocycles. The minimum atomic E-state index is -3.91. The van der Waals surface area contributed by atoms with Gasteiger partial charge in [-0.25, -0.2) is 13.2 Å². The number of nitrogens with one attached hydrogen (secondary N) is 2. The van der Waals surface area contributed by atoms with Crippen molar-refractivity contribution < 1.29 is 37.0 Å². The Hall–Kier alpha value is -4.42. The summed E-state index contributed by atoms with van der Waals surface area (Å²) in [6, 6.07) is 19.2. The zero-order valence-corrected chi connectivity index (χ0v) is 24.7. The molecule has 3 aromatic rings. The molecule has 0 radical (unpaired) electrons. The number of sulfonamides is 1. The fourth-order valence-electron chi connectivity index (χ4n) is 4.06. The van der Waals surface area contributed by atoms with E-state index in [-0.39, 0.29) is 59.9 Å². The lowest BCUT2D eigenvalue weighted by atomic mass is 10.2. The molecular formula is C29H28N4O8S2. The third-order valence-electron chi connectivity index (χ3n) is 6.11. The van der Waals surface area contributed by atoms with E-state index in [1.807, 2.05) is 6.07 Å². The Balaban J connectivity index is 1.35. The highest BCUT2D eigenvalue weighted by atomic mass is 32.2. The monoisotopic (exact) mass is 624 g/mol. The Bertz CT molecular complexity index is 1650. The minimum absolute atomic E-state index is 0.0191. The molecule has 0 aromatic heterocycles. The summed E-state index contributed by atoms with van der Waals surface area (Å²) in [6.07, 6.45) is 0. The topological polar surface area (TPSA) is 164 Å². The molecule has 3 aromatic carbocycles. The zero-order chi connectivity index (χ0) is 30.8. The van der Waals surface area contributed by atoms with Crippen LogP contribution in [-0.2, 0) is 29.1 Å². The fraction of sp³-hybridized carbons (Fsp3) is 0.241. The lowest BCUT2D eigenvalue weighted by Crippen LogP contribution is -2.40. The van der Waals surface area contributed by atoms with Crippen LogP contribution in [0.5, 0.6) is 5.75 Å². The third-order valence-corrected chi connectivity index (χ3v) is 9.10. The minimum Gasteiger partial charge on any atom is -0.495 e. The third kappa shape index (κ3) is 8.33. The van der Waals surface area contributed by atoms with Gasteiger partial charge in [-0.15, -0.1) is 11.8 Å². The number of hydrogen-bond acceptors (Lipinski definition) is 10. The number of hydrogen-bond donors (Lipinski definition) is 2. The van der Waals surface area contributed by atoms with E-state index in [2.05, 4.69) is 10.6 Å². The van der Waals surface area contributed by atoms with Crippen LogP contribution in [0.15, 0.2) is 76.5 Å². The summed E-state index contributed by atoms with van der Waals surface area (Å²) < 4.78 is 43.4. The van der Waals surface area contributed by atoms with Gasteiger partial charge in [0.15, 0.2) is 6.61 Å². The molecule has 1 saturated heterocycles. The summed E-state index contributed by atoms with van der Waals surface area (Å²) in [5.74, 6) is -1.69. The second kappa shape index (κ2) is 14.7. The maximum atomic E-state index is 13.2. The van der Waals surface area contributed by atoms with Crippen molar-refractivity contribution in [3.8, 4) is 11.8 Å². The van der Waals surface area contributed by atoms with Crippen molar-refractivity contribution >= 4 is 50.9 Å².